The molecule has 0 aromatic heterocycles. The molecule has 92 valence electrons. The number of rotatable bonds is 3. The fraction of sp³-hybridized carbons (Fsp3) is 0.462. The van der Waals surface area contributed by atoms with Gasteiger partial charge in [-0.3, -0.25) is 4.79 Å². The van der Waals surface area contributed by atoms with Gasteiger partial charge in [-0.2, -0.15) is 0 Å². The van der Waals surface area contributed by atoms with E-state index in [0.29, 0.717) is 19.5 Å². The molecule has 1 saturated heterocycles. The number of amides is 1. The standard InChI is InChI=1S/C13H18N2O2/c1-13(17)7-8-15(10-13)12(16)9-14-11-5-3-2-4-6-11/h2-6,14,17H,7-10H2,1H3. The van der Waals surface area contributed by atoms with E-state index in [0.717, 1.165) is 5.69 Å². The summed E-state index contributed by atoms with van der Waals surface area (Å²) < 4.78 is 0. The monoisotopic (exact) mass is 234 g/mol. The average molecular weight is 234 g/mol. The summed E-state index contributed by atoms with van der Waals surface area (Å²) in [6.07, 6.45) is 0.657. The first kappa shape index (κ1) is 11.9. The Kier molecular flexibility index (Phi) is 3.33. The summed E-state index contributed by atoms with van der Waals surface area (Å²) >= 11 is 0. The lowest BCUT2D eigenvalue weighted by Gasteiger charge is -2.19. The SMILES string of the molecule is CC1(O)CCN(C(=O)CNc2ccccc2)C1. The van der Waals surface area contributed by atoms with Gasteiger partial charge in [0.05, 0.1) is 12.1 Å². The van der Waals surface area contributed by atoms with Crippen LogP contribution in [-0.4, -0.2) is 41.1 Å². The number of likely N-dealkylation sites (tertiary alicyclic amines) is 1. The Balaban J connectivity index is 1.83. The number of para-hydroxylation sites is 1. The Bertz CT molecular complexity index is 390. The van der Waals surface area contributed by atoms with Crippen molar-refractivity contribution in [1.29, 1.82) is 0 Å². The normalized spacial score (nSPS) is 23.8. The van der Waals surface area contributed by atoms with Crippen molar-refractivity contribution in [2.24, 2.45) is 0 Å². The van der Waals surface area contributed by atoms with Gasteiger partial charge in [-0.05, 0) is 25.5 Å². The molecule has 1 aliphatic heterocycles. The largest absolute Gasteiger partial charge is 0.388 e. The van der Waals surface area contributed by atoms with E-state index in [9.17, 15) is 9.90 Å². The summed E-state index contributed by atoms with van der Waals surface area (Å²) in [4.78, 5) is 13.6. The highest BCUT2D eigenvalue weighted by molar-refractivity contribution is 5.81. The van der Waals surface area contributed by atoms with Crippen LogP contribution in [-0.2, 0) is 4.79 Å². The molecule has 1 aromatic carbocycles. The number of β-amino-alcohol motifs (C(OH)–C–C–N with tert-alkyl or cyclic N) is 1. The fourth-order valence-corrected chi connectivity index (χ4v) is 2.00. The highest BCUT2D eigenvalue weighted by atomic mass is 16.3. The van der Waals surface area contributed by atoms with Crippen molar-refractivity contribution in [2.75, 3.05) is 25.0 Å². The molecule has 2 N–H and O–H groups in total. The van der Waals surface area contributed by atoms with Gasteiger partial charge >= 0.3 is 0 Å². The summed E-state index contributed by atoms with van der Waals surface area (Å²) in [5, 5.41) is 12.9. The molecule has 1 amide bonds. The van der Waals surface area contributed by atoms with Gasteiger partial charge in [-0.15, -0.1) is 0 Å². The zero-order valence-corrected chi connectivity index (χ0v) is 10.0. The Hall–Kier alpha value is -1.55. The van der Waals surface area contributed by atoms with Crippen LogP contribution in [0.3, 0.4) is 0 Å². The number of hydrogen-bond acceptors (Lipinski definition) is 3. The quantitative estimate of drug-likeness (QED) is 0.823. The van der Waals surface area contributed by atoms with E-state index >= 15 is 0 Å². The third-order valence-corrected chi connectivity index (χ3v) is 3.02. The maximum atomic E-state index is 11.9. The van der Waals surface area contributed by atoms with Crippen molar-refractivity contribution in [3.05, 3.63) is 30.3 Å². The van der Waals surface area contributed by atoms with E-state index < -0.39 is 5.60 Å². The lowest BCUT2D eigenvalue weighted by Crippen LogP contribution is -2.37. The van der Waals surface area contributed by atoms with E-state index in [1.807, 2.05) is 30.3 Å². The van der Waals surface area contributed by atoms with E-state index in [-0.39, 0.29) is 12.5 Å². The van der Waals surface area contributed by atoms with Gasteiger partial charge in [-0.1, -0.05) is 18.2 Å². The first-order valence-electron chi connectivity index (χ1n) is 5.86. The fourth-order valence-electron chi connectivity index (χ4n) is 2.00. The van der Waals surface area contributed by atoms with E-state index in [2.05, 4.69) is 5.32 Å². The molecule has 4 heteroatoms. The molecule has 0 saturated carbocycles. The van der Waals surface area contributed by atoms with Crippen LogP contribution in [0.5, 0.6) is 0 Å². The first-order valence-corrected chi connectivity index (χ1v) is 5.86. The number of nitrogens with one attached hydrogen (secondary N) is 1. The zero-order chi connectivity index (χ0) is 12.3. The highest BCUT2D eigenvalue weighted by Crippen LogP contribution is 2.20. The number of nitrogens with zero attached hydrogens (tertiary/aromatic N) is 1. The van der Waals surface area contributed by atoms with Crippen LogP contribution in [0.25, 0.3) is 0 Å². The zero-order valence-electron chi connectivity index (χ0n) is 10.0. The van der Waals surface area contributed by atoms with Gasteiger partial charge in [0.1, 0.15) is 0 Å². The third kappa shape index (κ3) is 3.20. The summed E-state index contributed by atoms with van der Waals surface area (Å²) in [6.45, 7) is 3.12. The maximum absolute atomic E-state index is 11.9. The number of carbonyl (C=O) groups excluding carboxylic acids is 1. The van der Waals surface area contributed by atoms with Crippen molar-refractivity contribution in [2.45, 2.75) is 18.9 Å². The van der Waals surface area contributed by atoms with Crippen LogP contribution in [0.2, 0.25) is 0 Å². The predicted octanol–water partition coefficient (Wildman–Crippen LogP) is 1.08. The molecule has 17 heavy (non-hydrogen) atoms. The Morgan fingerprint density at radius 1 is 1.47 bits per heavy atom. The van der Waals surface area contributed by atoms with Crippen LogP contribution < -0.4 is 5.32 Å². The van der Waals surface area contributed by atoms with Gasteiger partial charge in [0.25, 0.3) is 0 Å². The number of anilines is 1. The predicted molar refractivity (Wildman–Crippen MR) is 66.8 cm³/mol. The Morgan fingerprint density at radius 2 is 2.18 bits per heavy atom. The molecular formula is C13H18N2O2. The van der Waals surface area contributed by atoms with Crippen LogP contribution in [0, 0.1) is 0 Å². The minimum atomic E-state index is -0.720. The highest BCUT2D eigenvalue weighted by Gasteiger charge is 2.33. The van der Waals surface area contributed by atoms with Gasteiger partial charge in [0, 0.05) is 18.8 Å². The summed E-state index contributed by atoms with van der Waals surface area (Å²) in [5.41, 5.74) is 0.217. The molecule has 1 fully saturated rings. The van der Waals surface area contributed by atoms with Gasteiger partial charge in [-0.25, -0.2) is 0 Å². The van der Waals surface area contributed by atoms with Gasteiger partial charge in [0.15, 0.2) is 0 Å². The molecule has 1 unspecified atom stereocenters. The second-order valence-corrected chi connectivity index (χ2v) is 4.78. The minimum Gasteiger partial charge on any atom is -0.388 e. The third-order valence-electron chi connectivity index (χ3n) is 3.02. The van der Waals surface area contributed by atoms with Crippen molar-refractivity contribution in [1.82, 2.24) is 4.90 Å². The second kappa shape index (κ2) is 4.75. The molecule has 0 aliphatic carbocycles. The molecule has 4 nitrogen and oxygen atoms in total. The summed E-state index contributed by atoms with van der Waals surface area (Å²) in [7, 11) is 0. The van der Waals surface area contributed by atoms with E-state index in [1.54, 1.807) is 11.8 Å². The smallest absolute Gasteiger partial charge is 0.241 e. The molecule has 0 bridgehead atoms. The molecule has 0 spiro atoms. The molecule has 1 aromatic rings. The van der Waals surface area contributed by atoms with Crippen LogP contribution >= 0.6 is 0 Å². The average Bonchev–Trinajstić information content (AvgIpc) is 2.68. The summed E-state index contributed by atoms with van der Waals surface area (Å²) in [5.74, 6) is 0.0339. The number of carbonyl (C=O) groups is 1. The number of aliphatic hydroxyl groups is 1. The van der Waals surface area contributed by atoms with Crippen LogP contribution in [0.4, 0.5) is 5.69 Å². The van der Waals surface area contributed by atoms with E-state index in [1.165, 1.54) is 0 Å². The molecule has 1 aliphatic rings. The molecule has 2 rings (SSSR count). The van der Waals surface area contributed by atoms with Crippen molar-refractivity contribution >= 4 is 11.6 Å². The number of benzene rings is 1. The summed E-state index contributed by atoms with van der Waals surface area (Å²) in [6, 6.07) is 9.63. The van der Waals surface area contributed by atoms with Crippen molar-refractivity contribution in [3.63, 3.8) is 0 Å². The molecule has 0 radical (unpaired) electrons. The second-order valence-electron chi connectivity index (χ2n) is 4.78. The van der Waals surface area contributed by atoms with Gasteiger partial charge in [0.2, 0.25) is 5.91 Å². The lowest BCUT2D eigenvalue weighted by molar-refractivity contribution is -0.129. The van der Waals surface area contributed by atoms with Gasteiger partial charge < -0.3 is 15.3 Å². The molecule has 1 atom stereocenters. The minimum absolute atomic E-state index is 0.0339. The van der Waals surface area contributed by atoms with Crippen molar-refractivity contribution < 1.29 is 9.90 Å². The first-order chi connectivity index (χ1) is 8.07. The molecular weight excluding hydrogens is 216 g/mol. The van der Waals surface area contributed by atoms with Crippen LogP contribution in [0.1, 0.15) is 13.3 Å². The maximum Gasteiger partial charge on any atom is 0.241 e. The lowest BCUT2D eigenvalue weighted by atomic mass is 10.1. The topological polar surface area (TPSA) is 52.6 Å². The Morgan fingerprint density at radius 3 is 2.76 bits per heavy atom. The number of hydrogen-bond donors (Lipinski definition) is 2. The molecule has 1 heterocycles. The Labute approximate surface area is 101 Å². The van der Waals surface area contributed by atoms with E-state index in [4.69, 9.17) is 0 Å². The van der Waals surface area contributed by atoms with Crippen LogP contribution in [0.15, 0.2) is 30.3 Å². The van der Waals surface area contributed by atoms with Crippen molar-refractivity contribution in [3.8, 4) is 0 Å².